The molecule has 0 unspecified atom stereocenters. The molecular formula is C23H15ClN2OS. The van der Waals surface area contributed by atoms with Gasteiger partial charge in [-0.1, -0.05) is 41.4 Å². The SMILES string of the molecule is C#Cc1cccc(-c2cc(=O)n(C)c3ncc(Sc4ccc(Cl)cc4)cc23)c1. The Balaban J connectivity index is 1.89. The molecule has 3 nitrogen and oxygen atoms in total. The van der Waals surface area contributed by atoms with Crippen molar-refractivity contribution >= 4 is 34.4 Å². The van der Waals surface area contributed by atoms with Gasteiger partial charge in [0.05, 0.1) is 0 Å². The molecular weight excluding hydrogens is 388 g/mol. The molecule has 0 atom stereocenters. The van der Waals surface area contributed by atoms with E-state index in [2.05, 4.69) is 17.0 Å². The van der Waals surface area contributed by atoms with Crippen molar-refractivity contribution in [2.45, 2.75) is 9.79 Å². The largest absolute Gasteiger partial charge is 0.296 e. The van der Waals surface area contributed by atoms with Crippen LogP contribution in [-0.4, -0.2) is 9.55 Å². The fourth-order valence-corrected chi connectivity index (χ4v) is 3.97. The first kappa shape index (κ1) is 18.4. The third-order valence-electron chi connectivity index (χ3n) is 4.44. The molecule has 136 valence electrons. The molecule has 0 aliphatic rings. The fourth-order valence-electron chi connectivity index (χ4n) is 3.02. The monoisotopic (exact) mass is 402 g/mol. The summed E-state index contributed by atoms with van der Waals surface area (Å²) in [6.45, 7) is 0. The zero-order valence-electron chi connectivity index (χ0n) is 15.0. The summed E-state index contributed by atoms with van der Waals surface area (Å²) < 4.78 is 1.56. The van der Waals surface area contributed by atoms with Gasteiger partial charge in [0.25, 0.3) is 5.56 Å². The molecule has 0 saturated carbocycles. The van der Waals surface area contributed by atoms with Gasteiger partial charge in [-0.15, -0.1) is 6.42 Å². The highest BCUT2D eigenvalue weighted by Crippen LogP contribution is 2.33. The van der Waals surface area contributed by atoms with Crippen molar-refractivity contribution in [3.8, 4) is 23.5 Å². The van der Waals surface area contributed by atoms with Gasteiger partial charge in [0.1, 0.15) is 5.65 Å². The summed E-state index contributed by atoms with van der Waals surface area (Å²) in [4.78, 5) is 19.1. The lowest BCUT2D eigenvalue weighted by Gasteiger charge is -2.11. The average molecular weight is 403 g/mol. The minimum atomic E-state index is -0.112. The molecule has 4 aromatic rings. The maximum Gasteiger partial charge on any atom is 0.252 e. The standard InChI is InChI=1S/C23H15ClN2OS/c1-3-15-5-4-6-16(11-15)20-13-22(27)26(2)23-21(20)12-19(14-25-23)28-18-9-7-17(24)8-10-18/h1,4-14H,2H3. The van der Waals surface area contributed by atoms with Gasteiger partial charge in [-0.2, -0.15) is 0 Å². The van der Waals surface area contributed by atoms with Crippen molar-refractivity contribution in [3.63, 3.8) is 0 Å². The van der Waals surface area contributed by atoms with E-state index in [-0.39, 0.29) is 5.56 Å². The summed E-state index contributed by atoms with van der Waals surface area (Å²) in [5, 5.41) is 1.60. The van der Waals surface area contributed by atoms with Crippen molar-refractivity contribution in [1.29, 1.82) is 0 Å². The number of benzene rings is 2. The van der Waals surface area contributed by atoms with Crippen LogP contribution in [0.4, 0.5) is 0 Å². The Bertz CT molecular complexity index is 1290. The van der Waals surface area contributed by atoms with E-state index in [1.54, 1.807) is 35.6 Å². The van der Waals surface area contributed by atoms with Gasteiger partial charge >= 0.3 is 0 Å². The fraction of sp³-hybridized carbons (Fsp3) is 0.0435. The van der Waals surface area contributed by atoms with E-state index in [0.717, 1.165) is 31.9 Å². The first-order valence-corrected chi connectivity index (χ1v) is 9.75. The molecule has 0 saturated heterocycles. The normalized spacial score (nSPS) is 10.8. The van der Waals surface area contributed by atoms with E-state index in [1.165, 1.54) is 0 Å². The van der Waals surface area contributed by atoms with Gasteiger partial charge in [0.2, 0.25) is 0 Å². The van der Waals surface area contributed by atoms with Crippen LogP contribution in [0.1, 0.15) is 5.56 Å². The zero-order valence-corrected chi connectivity index (χ0v) is 16.6. The van der Waals surface area contributed by atoms with E-state index in [4.69, 9.17) is 18.0 Å². The minimum Gasteiger partial charge on any atom is -0.296 e. The summed E-state index contributed by atoms with van der Waals surface area (Å²) in [6.07, 6.45) is 7.32. The number of nitrogens with zero attached hydrogens (tertiary/aromatic N) is 2. The van der Waals surface area contributed by atoms with Crippen LogP contribution < -0.4 is 5.56 Å². The topological polar surface area (TPSA) is 34.9 Å². The first-order valence-electron chi connectivity index (χ1n) is 8.55. The highest BCUT2D eigenvalue weighted by atomic mass is 35.5. The lowest BCUT2D eigenvalue weighted by molar-refractivity contribution is 0.886. The third kappa shape index (κ3) is 3.55. The van der Waals surface area contributed by atoms with Gasteiger partial charge in [-0.05, 0) is 53.6 Å². The quantitative estimate of drug-likeness (QED) is 0.431. The van der Waals surface area contributed by atoms with Crippen molar-refractivity contribution in [1.82, 2.24) is 9.55 Å². The van der Waals surface area contributed by atoms with E-state index < -0.39 is 0 Å². The molecule has 4 rings (SSSR count). The Hall–Kier alpha value is -3.00. The van der Waals surface area contributed by atoms with Gasteiger partial charge < -0.3 is 0 Å². The number of pyridine rings is 2. The molecule has 0 N–H and O–H groups in total. The van der Waals surface area contributed by atoms with E-state index in [9.17, 15) is 4.79 Å². The molecule has 5 heteroatoms. The van der Waals surface area contributed by atoms with Crippen molar-refractivity contribution in [2.24, 2.45) is 7.05 Å². The summed E-state index contributed by atoms with van der Waals surface area (Å²) in [6, 6.07) is 19.0. The number of terminal acetylenes is 1. The molecule has 0 bridgehead atoms. The van der Waals surface area contributed by atoms with Gasteiger partial charge in [-0.3, -0.25) is 9.36 Å². The van der Waals surface area contributed by atoms with E-state index in [1.807, 2.05) is 48.5 Å². The predicted octanol–water partition coefficient (Wildman–Crippen LogP) is 5.39. The van der Waals surface area contributed by atoms with Gasteiger partial charge in [-0.25, -0.2) is 4.98 Å². The Labute approximate surface area is 172 Å². The van der Waals surface area contributed by atoms with Crippen LogP contribution in [0.2, 0.25) is 5.02 Å². The van der Waals surface area contributed by atoms with Crippen LogP contribution >= 0.6 is 23.4 Å². The second-order valence-electron chi connectivity index (χ2n) is 6.28. The zero-order chi connectivity index (χ0) is 19.7. The highest BCUT2D eigenvalue weighted by Gasteiger charge is 2.12. The van der Waals surface area contributed by atoms with Crippen molar-refractivity contribution in [3.05, 3.63) is 87.8 Å². The van der Waals surface area contributed by atoms with Crippen LogP contribution in [-0.2, 0) is 7.05 Å². The smallest absolute Gasteiger partial charge is 0.252 e. The molecule has 0 spiro atoms. The third-order valence-corrected chi connectivity index (χ3v) is 5.66. The van der Waals surface area contributed by atoms with Crippen LogP contribution in [0.3, 0.4) is 0 Å². The molecule has 0 aliphatic carbocycles. The Morgan fingerprint density at radius 2 is 1.86 bits per heavy atom. The maximum absolute atomic E-state index is 12.5. The molecule has 0 fully saturated rings. The van der Waals surface area contributed by atoms with Gasteiger partial charge in [0.15, 0.2) is 0 Å². The van der Waals surface area contributed by atoms with Crippen LogP contribution in [0.25, 0.3) is 22.2 Å². The Morgan fingerprint density at radius 1 is 1.07 bits per heavy atom. The average Bonchev–Trinajstić information content (AvgIpc) is 2.72. The number of hydrogen-bond donors (Lipinski definition) is 0. The van der Waals surface area contributed by atoms with Crippen molar-refractivity contribution < 1.29 is 0 Å². The minimum absolute atomic E-state index is 0.112. The van der Waals surface area contributed by atoms with E-state index >= 15 is 0 Å². The van der Waals surface area contributed by atoms with Gasteiger partial charge in [0, 0.05) is 45.1 Å². The highest BCUT2D eigenvalue weighted by molar-refractivity contribution is 7.99. The van der Waals surface area contributed by atoms with E-state index in [0.29, 0.717) is 10.7 Å². The summed E-state index contributed by atoms with van der Waals surface area (Å²) in [5.74, 6) is 2.65. The van der Waals surface area contributed by atoms with Crippen LogP contribution in [0.15, 0.2) is 81.4 Å². The molecule has 2 aromatic carbocycles. The van der Waals surface area contributed by atoms with Crippen LogP contribution in [0.5, 0.6) is 0 Å². The number of hydrogen-bond acceptors (Lipinski definition) is 3. The second-order valence-corrected chi connectivity index (χ2v) is 7.86. The summed E-state index contributed by atoms with van der Waals surface area (Å²) in [5.41, 5.74) is 3.01. The number of aryl methyl sites for hydroxylation is 1. The summed E-state index contributed by atoms with van der Waals surface area (Å²) >= 11 is 7.56. The lowest BCUT2D eigenvalue weighted by atomic mass is 10.0. The van der Waals surface area contributed by atoms with Crippen molar-refractivity contribution in [2.75, 3.05) is 0 Å². The lowest BCUT2D eigenvalue weighted by Crippen LogP contribution is -2.17. The number of fused-ring (bicyclic) bond motifs is 1. The molecule has 0 radical (unpaired) electrons. The number of aromatic nitrogens is 2. The molecule has 2 aromatic heterocycles. The predicted molar refractivity (Wildman–Crippen MR) is 116 cm³/mol. The Kier molecular flexibility index (Phi) is 4.95. The number of halogens is 1. The molecule has 28 heavy (non-hydrogen) atoms. The number of rotatable bonds is 3. The first-order chi connectivity index (χ1) is 13.5. The summed E-state index contributed by atoms with van der Waals surface area (Å²) in [7, 11) is 1.73. The Morgan fingerprint density at radius 3 is 2.61 bits per heavy atom. The second kappa shape index (κ2) is 7.55. The molecule has 0 amide bonds. The molecule has 2 heterocycles. The van der Waals surface area contributed by atoms with Crippen LogP contribution in [0, 0.1) is 12.3 Å². The maximum atomic E-state index is 12.5. The molecule has 0 aliphatic heterocycles.